The molecule has 2 aromatic rings. The number of aryl methyl sites for hydroxylation is 2. The monoisotopic (exact) mass is 249 g/mol. The van der Waals surface area contributed by atoms with E-state index >= 15 is 0 Å². The van der Waals surface area contributed by atoms with Crippen LogP contribution in [0.5, 0.6) is 0 Å². The lowest BCUT2D eigenvalue weighted by molar-refractivity contribution is -0.136. The third-order valence-electron chi connectivity index (χ3n) is 2.95. The van der Waals surface area contributed by atoms with E-state index in [-0.39, 0.29) is 6.42 Å². The minimum Gasteiger partial charge on any atom is -0.481 e. The van der Waals surface area contributed by atoms with E-state index < -0.39 is 5.97 Å². The van der Waals surface area contributed by atoms with Gasteiger partial charge in [-0.1, -0.05) is 11.6 Å². The highest BCUT2D eigenvalue weighted by Crippen LogP contribution is 2.33. The van der Waals surface area contributed by atoms with Gasteiger partial charge in [0.2, 0.25) is 0 Å². The van der Waals surface area contributed by atoms with Crippen LogP contribution in [0.3, 0.4) is 0 Å². The summed E-state index contributed by atoms with van der Waals surface area (Å²) in [5.41, 5.74) is 3.17. The first kappa shape index (κ1) is 12.0. The van der Waals surface area contributed by atoms with E-state index in [1.165, 1.54) is 5.56 Å². The standard InChI is InChI=1S/C13H15NO2S/c1-8-4-5-10-9(6-8)13(17-3)11(14(10)2)7-12(15)16/h4-6H,7H2,1-3H3,(H,15,16). The van der Waals surface area contributed by atoms with Crippen molar-refractivity contribution in [3.05, 3.63) is 29.5 Å². The molecule has 3 nitrogen and oxygen atoms in total. The molecule has 0 aliphatic rings. The highest BCUT2D eigenvalue weighted by atomic mass is 32.2. The number of carbonyl (C=O) groups is 1. The third kappa shape index (κ3) is 2.05. The smallest absolute Gasteiger partial charge is 0.309 e. The van der Waals surface area contributed by atoms with Gasteiger partial charge in [-0.2, -0.15) is 0 Å². The average molecular weight is 249 g/mol. The van der Waals surface area contributed by atoms with E-state index in [1.54, 1.807) is 11.8 Å². The normalized spacial score (nSPS) is 11.0. The van der Waals surface area contributed by atoms with E-state index in [2.05, 4.69) is 18.2 Å². The number of hydrogen-bond acceptors (Lipinski definition) is 2. The molecule has 0 fully saturated rings. The molecular weight excluding hydrogens is 234 g/mol. The van der Waals surface area contributed by atoms with Crippen LogP contribution in [-0.2, 0) is 18.3 Å². The minimum atomic E-state index is -0.789. The molecule has 1 aromatic heterocycles. The SMILES string of the molecule is CSc1c(CC(=O)O)n(C)c2ccc(C)cc12. The molecule has 1 N–H and O–H groups in total. The summed E-state index contributed by atoms with van der Waals surface area (Å²) in [5, 5.41) is 10.1. The molecule has 1 heterocycles. The Balaban J connectivity index is 2.74. The molecule has 2 rings (SSSR count). The summed E-state index contributed by atoms with van der Waals surface area (Å²) < 4.78 is 1.98. The van der Waals surface area contributed by atoms with Gasteiger partial charge in [0.15, 0.2) is 0 Å². The lowest BCUT2D eigenvalue weighted by atomic mass is 10.2. The van der Waals surface area contributed by atoms with Gasteiger partial charge >= 0.3 is 5.97 Å². The van der Waals surface area contributed by atoms with Gasteiger partial charge in [-0.3, -0.25) is 4.79 Å². The molecule has 0 atom stereocenters. The molecule has 0 aliphatic carbocycles. The van der Waals surface area contributed by atoms with Crippen LogP contribution in [-0.4, -0.2) is 21.9 Å². The Labute approximate surface area is 104 Å². The number of carboxylic acids is 1. The molecule has 0 bridgehead atoms. The zero-order valence-electron chi connectivity index (χ0n) is 10.2. The van der Waals surface area contributed by atoms with Crippen molar-refractivity contribution in [3.8, 4) is 0 Å². The van der Waals surface area contributed by atoms with Crippen LogP contribution in [0, 0.1) is 6.92 Å². The van der Waals surface area contributed by atoms with E-state index in [9.17, 15) is 4.79 Å². The number of benzene rings is 1. The van der Waals surface area contributed by atoms with Gasteiger partial charge in [0.25, 0.3) is 0 Å². The molecule has 1 aromatic carbocycles. The van der Waals surface area contributed by atoms with E-state index in [0.29, 0.717) is 0 Å². The number of nitrogens with zero attached hydrogens (tertiary/aromatic N) is 1. The Morgan fingerprint density at radius 2 is 2.18 bits per heavy atom. The Bertz CT molecular complexity index is 587. The minimum absolute atomic E-state index is 0.0698. The molecule has 0 saturated heterocycles. The van der Waals surface area contributed by atoms with Crippen molar-refractivity contribution >= 4 is 28.6 Å². The van der Waals surface area contributed by atoms with Crippen LogP contribution in [0.25, 0.3) is 10.9 Å². The van der Waals surface area contributed by atoms with Gasteiger partial charge in [-0.25, -0.2) is 0 Å². The van der Waals surface area contributed by atoms with Gasteiger partial charge in [0.1, 0.15) is 0 Å². The van der Waals surface area contributed by atoms with Crippen LogP contribution in [0.4, 0.5) is 0 Å². The van der Waals surface area contributed by atoms with E-state index in [0.717, 1.165) is 21.5 Å². The van der Waals surface area contributed by atoms with E-state index in [4.69, 9.17) is 5.11 Å². The molecule has 0 aliphatic heterocycles. The van der Waals surface area contributed by atoms with Crippen LogP contribution < -0.4 is 0 Å². The zero-order chi connectivity index (χ0) is 12.6. The molecular formula is C13H15NO2S. The predicted octanol–water partition coefficient (Wildman–Crippen LogP) is 2.84. The van der Waals surface area contributed by atoms with Crippen molar-refractivity contribution in [2.45, 2.75) is 18.2 Å². The number of aliphatic carboxylic acids is 1. The van der Waals surface area contributed by atoms with Crippen molar-refractivity contribution in [2.24, 2.45) is 7.05 Å². The van der Waals surface area contributed by atoms with Gasteiger partial charge in [0, 0.05) is 28.5 Å². The maximum Gasteiger partial charge on any atom is 0.309 e. The van der Waals surface area contributed by atoms with E-state index in [1.807, 2.05) is 24.8 Å². The van der Waals surface area contributed by atoms with Crippen LogP contribution >= 0.6 is 11.8 Å². The summed E-state index contributed by atoms with van der Waals surface area (Å²) in [6.45, 7) is 2.05. The van der Waals surface area contributed by atoms with Crippen molar-refractivity contribution < 1.29 is 9.90 Å². The largest absolute Gasteiger partial charge is 0.481 e. The molecule has 0 unspecified atom stereocenters. The van der Waals surface area contributed by atoms with Crippen LogP contribution in [0.2, 0.25) is 0 Å². The summed E-state index contributed by atoms with van der Waals surface area (Å²) in [5.74, 6) is -0.789. The zero-order valence-corrected chi connectivity index (χ0v) is 11.0. The van der Waals surface area contributed by atoms with Crippen molar-refractivity contribution in [1.82, 2.24) is 4.57 Å². The van der Waals surface area contributed by atoms with Crippen molar-refractivity contribution in [3.63, 3.8) is 0 Å². The first-order valence-electron chi connectivity index (χ1n) is 5.38. The lowest BCUT2D eigenvalue weighted by Gasteiger charge is -2.02. The second-order valence-electron chi connectivity index (χ2n) is 4.13. The summed E-state index contributed by atoms with van der Waals surface area (Å²) in [6, 6.07) is 6.22. The summed E-state index contributed by atoms with van der Waals surface area (Å²) in [4.78, 5) is 12.0. The van der Waals surface area contributed by atoms with Gasteiger partial charge in [-0.05, 0) is 25.3 Å². The predicted molar refractivity (Wildman–Crippen MR) is 70.8 cm³/mol. The fourth-order valence-corrected chi connectivity index (χ4v) is 2.98. The Hall–Kier alpha value is -1.42. The first-order chi connectivity index (χ1) is 8.04. The lowest BCUT2D eigenvalue weighted by Crippen LogP contribution is -2.05. The molecule has 0 radical (unpaired) electrons. The van der Waals surface area contributed by atoms with Crippen LogP contribution in [0.1, 0.15) is 11.3 Å². The Morgan fingerprint density at radius 3 is 2.76 bits per heavy atom. The maximum absolute atomic E-state index is 10.9. The van der Waals surface area contributed by atoms with Gasteiger partial charge in [-0.15, -0.1) is 11.8 Å². The fraction of sp³-hybridized carbons (Fsp3) is 0.308. The molecule has 0 amide bonds. The number of thioether (sulfide) groups is 1. The Kier molecular flexibility index (Phi) is 3.15. The average Bonchev–Trinajstić information content (AvgIpc) is 2.51. The maximum atomic E-state index is 10.9. The number of fused-ring (bicyclic) bond motifs is 1. The molecule has 0 saturated carbocycles. The second-order valence-corrected chi connectivity index (χ2v) is 4.95. The highest BCUT2D eigenvalue weighted by molar-refractivity contribution is 7.98. The quantitative estimate of drug-likeness (QED) is 0.850. The first-order valence-corrected chi connectivity index (χ1v) is 6.60. The number of rotatable bonds is 3. The topological polar surface area (TPSA) is 42.2 Å². The number of carboxylic acid groups (broad SMARTS) is 1. The molecule has 0 spiro atoms. The number of hydrogen-bond donors (Lipinski definition) is 1. The summed E-state index contributed by atoms with van der Waals surface area (Å²) in [6.07, 6.45) is 2.06. The molecule has 17 heavy (non-hydrogen) atoms. The van der Waals surface area contributed by atoms with Gasteiger partial charge in [0.05, 0.1) is 6.42 Å². The molecule has 90 valence electrons. The summed E-state index contributed by atoms with van der Waals surface area (Å²) >= 11 is 1.61. The van der Waals surface area contributed by atoms with Crippen molar-refractivity contribution in [2.75, 3.05) is 6.26 Å². The van der Waals surface area contributed by atoms with Crippen molar-refractivity contribution in [1.29, 1.82) is 0 Å². The second kappa shape index (κ2) is 4.45. The summed E-state index contributed by atoms with van der Waals surface area (Å²) in [7, 11) is 1.93. The Morgan fingerprint density at radius 1 is 1.47 bits per heavy atom. The van der Waals surface area contributed by atoms with Gasteiger partial charge < -0.3 is 9.67 Å². The third-order valence-corrected chi connectivity index (χ3v) is 3.81. The molecule has 4 heteroatoms. The van der Waals surface area contributed by atoms with Crippen LogP contribution in [0.15, 0.2) is 23.1 Å². The highest BCUT2D eigenvalue weighted by Gasteiger charge is 2.16. The fourth-order valence-electron chi connectivity index (χ4n) is 2.15. The number of aromatic nitrogens is 1.